The molecule has 1 heterocycles. The molecule has 3 rings (SSSR count). The average molecular weight is 300 g/mol. The normalized spacial score (nSPS) is 10.9. The Morgan fingerprint density at radius 3 is 2.45 bits per heavy atom. The highest BCUT2D eigenvalue weighted by Crippen LogP contribution is 2.33. The van der Waals surface area contributed by atoms with Gasteiger partial charge in [-0.3, -0.25) is 4.98 Å². The number of fused-ring (bicyclic) bond motifs is 1. The number of nitrogens with two attached hydrogens (primary N) is 1. The second-order valence-corrected chi connectivity index (χ2v) is 5.17. The molecule has 0 radical (unpaired) electrons. The van der Waals surface area contributed by atoms with Crippen molar-refractivity contribution >= 4 is 16.6 Å². The van der Waals surface area contributed by atoms with Crippen LogP contribution in [-0.4, -0.2) is 4.98 Å². The molecule has 0 spiro atoms. The van der Waals surface area contributed by atoms with Gasteiger partial charge in [0.2, 0.25) is 0 Å². The van der Waals surface area contributed by atoms with Crippen molar-refractivity contribution in [3.05, 3.63) is 59.3 Å². The van der Waals surface area contributed by atoms with Crippen LogP contribution in [0.5, 0.6) is 11.5 Å². The SMILES string of the molecule is Cc1cc2nccc(Oc3cc(F)c(N)cc3F)c2cc1C. The zero-order chi connectivity index (χ0) is 15.9. The third-order valence-corrected chi connectivity index (χ3v) is 3.59. The van der Waals surface area contributed by atoms with E-state index in [1.165, 1.54) is 0 Å². The number of benzene rings is 2. The number of pyridine rings is 1. The second-order valence-electron chi connectivity index (χ2n) is 5.17. The van der Waals surface area contributed by atoms with Crippen molar-refractivity contribution in [2.75, 3.05) is 5.73 Å². The topological polar surface area (TPSA) is 48.1 Å². The Kier molecular flexibility index (Phi) is 3.41. The van der Waals surface area contributed by atoms with Gasteiger partial charge in [-0.1, -0.05) is 0 Å². The summed E-state index contributed by atoms with van der Waals surface area (Å²) >= 11 is 0. The summed E-state index contributed by atoms with van der Waals surface area (Å²) in [6.07, 6.45) is 1.57. The quantitative estimate of drug-likeness (QED) is 0.709. The molecule has 0 aliphatic heterocycles. The van der Waals surface area contributed by atoms with Gasteiger partial charge < -0.3 is 10.5 Å². The summed E-state index contributed by atoms with van der Waals surface area (Å²) in [5, 5.41) is 0.738. The maximum absolute atomic E-state index is 13.9. The van der Waals surface area contributed by atoms with Crippen molar-refractivity contribution in [2.24, 2.45) is 0 Å². The average Bonchev–Trinajstić information content (AvgIpc) is 2.46. The Morgan fingerprint density at radius 2 is 1.68 bits per heavy atom. The summed E-state index contributed by atoms with van der Waals surface area (Å²) in [4.78, 5) is 4.27. The Hall–Kier alpha value is -2.69. The number of aryl methyl sites for hydroxylation is 2. The van der Waals surface area contributed by atoms with Crippen LogP contribution < -0.4 is 10.5 Å². The Bertz CT molecular complexity index is 878. The fraction of sp³-hybridized carbons (Fsp3) is 0.118. The van der Waals surface area contributed by atoms with Crippen molar-refractivity contribution in [3.63, 3.8) is 0 Å². The van der Waals surface area contributed by atoms with Crippen LogP contribution >= 0.6 is 0 Å². The van der Waals surface area contributed by atoms with Gasteiger partial charge in [-0.25, -0.2) is 8.78 Å². The fourth-order valence-electron chi connectivity index (χ4n) is 2.21. The number of nitrogens with zero attached hydrogens (tertiary/aromatic N) is 1. The standard InChI is InChI=1S/C17H14F2N2O/c1-9-5-11-15(6-10(9)2)21-4-3-16(11)22-17-8-12(18)14(20)7-13(17)19/h3-8H,20H2,1-2H3. The summed E-state index contributed by atoms with van der Waals surface area (Å²) in [5.74, 6) is -1.23. The predicted molar refractivity (Wildman–Crippen MR) is 82.1 cm³/mol. The first-order valence-corrected chi connectivity index (χ1v) is 6.74. The van der Waals surface area contributed by atoms with Gasteiger partial charge in [0.05, 0.1) is 11.2 Å². The number of aromatic nitrogens is 1. The first kappa shape index (κ1) is 14.3. The molecule has 3 aromatic rings. The van der Waals surface area contributed by atoms with Gasteiger partial charge in [0.1, 0.15) is 11.6 Å². The maximum Gasteiger partial charge on any atom is 0.167 e. The van der Waals surface area contributed by atoms with Gasteiger partial charge in [-0.05, 0) is 43.2 Å². The molecule has 0 unspecified atom stereocenters. The Morgan fingerprint density at radius 1 is 0.955 bits per heavy atom. The van der Waals surface area contributed by atoms with Gasteiger partial charge in [0.25, 0.3) is 0 Å². The molecule has 2 N–H and O–H groups in total. The molecule has 1 aromatic heterocycles. The van der Waals surface area contributed by atoms with E-state index >= 15 is 0 Å². The van der Waals surface area contributed by atoms with Crippen LogP contribution in [0.15, 0.2) is 36.5 Å². The predicted octanol–water partition coefficient (Wildman–Crippen LogP) is 4.50. The molecule has 112 valence electrons. The number of halogens is 2. The lowest BCUT2D eigenvalue weighted by Crippen LogP contribution is -1.96. The van der Waals surface area contributed by atoms with E-state index in [0.29, 0.717) is 5.75 Å². The van der Waals surface area contributed by atoms with Crippen LogP contribution in [0.1, 0.15) is 11.1 Å². The van der Waals surface area contributed by atoms with Crippen LogP contribution in [-0.2, 0) is 0 Å². The van der Waals surface area contributed by atoms with E-state index < -0.39 is 11.6 Å². The van der Waals surface area contributed by atoms with Crippen LogP contribution in [0.4, 0.5) is 14.5 Å². The minimum Gasteiger partial charge on any atom is -0.453 e. The van der Waals surface area contributed by atoms with Crippen LogP contribution in [0.25, 0.3) is 10.9 Å². The molecular weight excluding hydrogens is 286 g/mol. The Labute approximate surface area is 126 Å². The summed E-state index contributed by atoms with van der Waals surface area (Å²) in [5.41, 5.74) is 7.97. The van der Waals surface area contributed by atoms with E-state index in [2.05, 4.69) is 4.98 Å². The largest absolute Gasteiger partial charge is 0.453 e. The number of anilines is 1. The van der Waals surface area contributed by atoms with Gasteiger partial charge >= 0.3 is 0 Å². The zero-order valence-corrected chi connectivity index (χ0v) is 12.2. The highest BCUT2D eigenvalue weighted by atomic mass is 19.1. The molecule has 0 amide bonds. The van der Waals surface area contributed by atoms with E-state index in [1.54, 1.807) is 12.3 Å². The van der Waals surface area contributed by atoms with Crippen molar-refractivity contribution < 1.29 is 13.5 Å². The van der Waals surface area contributed by atoms with E-state index in [9.17, 15) is 8.78 Å². The molecule has 0 bridgehead atoms. The summed E-state index contributed by atoms with van der Waals surface area (Å²) in [7, 11) is 0. The maximum atomic E-state index is 13.9. The molecule has 3 nitrogen and oxygen atoms in total. The number of rotatable bonds is 2. The van der Waals surface area contributed by atoms with Crippen molar-refractivity contribution in [2.45, 2.75) is 13.8 Å². The van der Waals surface area contributed by atoms with Gasteiger partial charge in [-0.15, -0.1) is 0 Å². The lowest BCUT2D eigenvalue weighted by atomic mass is 10.1. The highest BCUT2D eigenvalue weighted by Gasteiger charge is 2.12. The van der Waals surface area contributed by atoms with Crippen molar-refractivity contribution in [3.8, 4) is 11.5 Å². The number of ether oxygens (including phenoxy) is 1. The minimum atomic E-state index is -0.721. The summed E-state index contributed by atoms with van der Waals surface area (Å²) in [6.45, 7) is 3.95. The lowest BCUT2D eigenvalue weighted by Gasteiger charge is -2.11. The molecular formula is C17H14F2N2O. The fourth-order valence-corrected chi connectivity index (χ4v) is 2.21. The van der Waals surface area contributed by atoms with E-state index in [-0.39, 0.29) is 11.4 Å². The number of hydrogen-bond acceptors (Lipinski definition) is 3. The van der Waals surface area contributed by atoms with E-state index in [0.717, 1.165) is 34.2 Å². The van der Waals surface area contributed by atoms with Crippen LogP contribution in [0, 0.1) is 25.5 Å². The van der Waals surface area contributed by atoms with Crippen molar-refractivity contribution in [1.82, 2.24) is 4.98 Å². The molecule has 5 heteroatoms. The highest BCUT2D eigenvalue weighted by molar-refractivity contribution is 5.86. The first-order valence-electron chi connectivity index (χ1n) is 6.74. The molecule has 0 saturated carbocycles. The molecule has 0 aliphatic rings. The zero-order valence-electron chi connectivity index (χ0n) is 12.2. The smallest absolute Gasteiger partial charge is 0.167 e. The van der Waals surface area contributed by atoms with Gasteiger partial charge in [0.15, 0.2) is 11.6 Å². The Balaban J connectivity index is 2.12. The van der Waals surface area contributed by atoms with Crippen LogP contribution in [0.2, 0.25) is 0 Å². The number of hydrogen-bond donors (Lipinski definition) is 1. The molecule has 2 aromatic carbocycles. The molecule has 0 aliphatic carbocycles. The molecule has 0 fully saturated rings. The monoisotopic (exact) mass is 300 g/mol. The lowest BCUT2D eigenvalue weighted by molar-refractivity contribution is 0.441. The van der Waals surface area contributed by atoms with Gasteiger partial charge in [0, 0.05) is 23.7 Å². The van der Waals surface area contributed by atoms with E-state index in [4.69, 9.17) is 10.5 Å². The number of nitrogen functional groups attached to an aromatic ring is 1. The third-order valence-electron chi connectivity index (χ3n) is 3.59. The van der Waals surface area contributed by atoms with E-state index in [1.807, 2.05) is 26.0 Å². The molecule has 22 heavy (non-hydrogen) atoms. The first-order chi connectivity index (χ1) is 10.5. The summed E-state index contributed by atoms with van der Waals surface area (Å²) in [6, 6.07) is 7.31. The van der Waals surface area contributed by atoms with Crippen molar-refractivity contribution in [1.29, 1.82) is 0 Å². The minimum absolute atomic E-state index is 0.211. The van der Waals surface area contributed by atoms with Crippen LogP contribution in [0.3, 0.4) is 0 Å². The van der Waals surface area contributed by atoms with Gasteiger partial charge in [-0.2, -0.15) is 0 Å². The molecule has 0 atom stereocenters. The second kappa shape index (κ2) is 5.26. The third kappa shape index (κ3) is 2.45. The summed E-state index contributed by atoms with van der Waals surface area (Å²) < 4.78 is 32.9. The molecule has 0 saturated heterocycles.